The third-order valence-corrected chi connectivity index (χ3v) is 7.23. The van der Waals surface area contributed by atoms with Crippen molar-refractivity contribution in [1.29, 1.82) is 0 Å². The van der Waals surface area contributed by atoms with E-state index in [-0.39, 0.29) is 18.4 Å². The summed E-state index contributed by atoms with van der Waals surface area (Å²) in [4.78, 5) is 27.5. The second-order valence-electron chi connectivity index (χ2n) is 7.96. The fourth-order valence-electron chi connectivity index (χ4n) is 3.54. The maximum absolute atomic E-state index is 13.0. The van der Waals surface area contributed by atoms with Crippen molar-refractivity contribution in [3.8, 4) is 11.5 Å². The first-order valence-electron chi connectivity index (χ1n) is 11.0. The number of amides is 2. The quantitative estimate of drug-likeness (QED) is 0.252. The molecule has 1 N–H and O–H groups in total. The number of hydrogen-bond acceptors (Lipinski definition) is 6. The fourth-order valence-corrected chi connectivity index (χ4v) is 5.27. The summed E-state index contributed by atoms with van der Waals surface area (Å²) >= 11 is 10.1. The lowest BCUT2D eigenvalue weighted by Gasteiger charge is -2.14. The van der Waals surface area contributed by atoms with Crippen LogP contribution in [0.1, 0.15) is 16.7 Å². The Kier molecular flexibility index (Phi) is 8.45. The van der Waals surface area contributed by atoms with Crippen LogP contribution in [0.4, 0.5) is 5.69 Å². The van der Waals surface area contributed by atoms with Gasteiger partial charge in [-0.2, -0.15) is 0 Å². The van der Waals surface area contributed by atoms with Crippen molar-refractivity contribution < 1.29 is 19.1 Å². The number of methoxy groups -OCH3 is 1. The van der Waals surface area contributed by atoms with E-state index in [4.69, 9.17) is 21.7 Å². The lowest BCUT2D eigenvalue weighted by atomic mass is 10.1. The van der Waals surface area contributed by atoms with Crippen LogP contribution >= 0.6 is 39.9 Å². The van der Waals surface area contributed by atoms with E-state index in [9.17, 15) is 9.59 Å². The number of benzene rings is 3. The van der Waals surface area contributed by atoms with Gasteiger partial charge in [0.05, 0.1) is 18.6 Å². The summed E-state index contributed by atoms with van der Waals surface area (Å²) in [6, 6.07) is 20.6. The molecule has 0 saturated carbocycles. The Morgan fingerprint density at radius 2 is 1.89 bits per heavy atom. The number of nitrogens with one attached hydrogen (secondary N) is 1. The minimum atomic E-state index is -0.284. The molecule has 0 unspecified atom stereocenters. The molecule has 1 fully saturated rings. The zero-order chi connectivity index (χ0) is 25.7. The number of carbonyl (C=O) groups excluding carboxylic acids is 2. The van der Waals surface area contributed by atoms with E-state index in [1.807, 2.05) is 55.5 Å². The van der Waals surface area contributed by atoms with Crippen molar-refractivity contribution in [2.45, 2.75) is 13.5 Å². The first kappa shape index (κ1) is 25.9. The van der Waals surface area contributed by atoms with Crippen molar-refractivity contribution in [2.75, 3.05) is 19.0 Å². The van der Waals surface area contributed by atoms with Gasteiger partial charge in [-0.1, -0.05) is 76.3 Å². The summed E-state index contributed by atoms with van der Waals surface area (Å²) in [5, 5.41) is 2.84. The Morgan fingerprint density at radius 3 is 2.61 bits per heavy atom. The minimum Gasteiger partial charge on any atom is -0.493 e. The van der Waals surface area contributed by atoms with Crippen LogP contribution in [0.2, 0.25) is 0 Å². The predicted molar refractivity (Wildman–Crippen MR) is 151 cm³/mol. The van der Waals surface area contributed by atoms with Crippen molar-refractivity contribution in [1.82, 2.24) is 4.90 Å². The molecule has 184 valence electrons. The third kappa shape index (κ3) is 6.34. The van der Waals surface area contributed by atoms with Crippen molar-refractivity contribution in [2.24, 2.45) is 0 Å². The number of rotatable bonds is 8. The Labute approximate surface area is 227 Å². The normalized spacial score (nSPS) is 14.3. The van der Waals surface area contributed by atoms with Crippen LogP contribution in [0, 0.1) is 6.92 Å². The number of halogens is 1. The maximum atomic E-state index is 13.0. The molecule has 3 aromatic rings. The fraction of sp³-hybridized carbons (Fsp3) is 0.148. The van der Waals surface area contributed by atoms with Gasteiger partial charge in [0.25, 0.3) is 11.8 Å². The van der Waals surface area contributed by atoms with Crippen molar-refractivity contribution in [3.05, 3.63) is 92.8 Å². The number of carbonyl (C=O) groups is 2. The Balaban J connectivity index is 1.42. The average Bonchev–Trinajstić information content (AvgIpc) is 3.12. The van der Waals surface area contributed by atoms with Crippen LogP contribution in [0.25, 0.3) is 6.08 Å². The van der Waals surface area contributed by atoms with Crippen LogP contribution in [0.5, 0.6) is 11.5 Å². The maximum Gasteiger partial charge on any atom is 0.266 e. The van der Waals surface area contributed by atoms with Crippen LogP contribution in [-0.2, 0) is 16.1 Å². The van der Waals surface area contributed by atoms with Gasteiger partial charge in [-0.15, -0.1) is 0 Å². The molecule has 0 aliphatic carbocycles. The van der Waals surface area contributed by atoms with E-state index in [0.29, 0.717) is 27.3 Å². The highest BCUT2D eigenvalue weighted by atomic mass is 79.9. The van der Waals surface area contributed by atoms with Crippen LogP contribution < -0.4 is 14.8 Å². The first-order chi connectivity index (χ1) is 17.3. The zero-order valence-electron chi connectivity index (χ0n) is 19.6. The molecule has 1 aliphatic rings. The van der Waals surface area contributed by atoms with E-state index in [2.05, 4.69) is 21.2 Å². The molecule has 4 rings (SSSR count). The number of ether oxygens (including phenoxy) is 2. The number of aryl methyl sites for hydroxylation is 1. The topological polar surface area (TPSA) is 67.9 Å². The molecule has 36 heavy (non-hydrogen) atoms. The lowest BCUT2D eigenvalue weighted by Crippen LogP contribution is -2.27. The van der Waals surface area contributed by atoms with Gasteiger partial charge in [0.2, 0.25) is 0 Å². The van der Waals surface area contributed by atoms with Crippen molar-refractivity contribution in [3.63, 3.8) is 0 Å². The molecule has 0 atom stereocenters. The smallest absolute Gasteiger partial charge is 0.266 e. The Bertz CT molecular complexity index is 1340. The average molecular weight is 584 g/mol. The summed E-state index contributed by atoms with van der Waals surface area (Å²) in [5.41, 5.74) is 3.43. The van der Waals surface area contributed by atoms with Gasteiger partial charge < -0.3 is 14.8 Å². The molecule has 1 aliphatic heterocycles. The molecule has 1 heterocycles. The molecule has 1 saturated heterocycles. The molecule has 0 radical (unpaired) electrons. The molecule has 3 aromatic carbocycles. The van der Waals surface area contributed by atoms with Gasteiger partial charge in [0, 0.05) is 10.2 Å². The van der Waals surface area contributed by atoms with E-state index < -0.39 is 0 Å². The van der Waals surface area contributed by atoms with Gasteiger partial charge in [0.1, 0.15) is 4.32 Å². The van der Waals surface area contributed by atoms with Crippen LogP contribution in [0.3, 0.4) is 0 Å². The van der Waals surface area contributed by atoms with E-state index >= 15 is 0 Å². The van der Waals surface area contributed by atoms with Gasteiger partial charge in [-0.3, -0.25) is 14.5 Å². The highest BCUT2D eigenvalue weighted by Crippen LogP contribution is 2.35. The molecule has 9 heteroatoms. The number of hydrogen-bond donors (Lipinski definition) is 1. The highest BCUT2D eigenvalue weighted by molar-refractivity contribution is 9.10. The zero-order valence-corrected chi connectivity index (χ0v) is 22.8. The van der Waals surface area contributed by atoms with Gasteiger partial charge in [-0.25, -0.2) is 0 Å². The summed E-state index contributed by atoms with van der Waals surface area (Å²) in [5.74, 6) is 0.465. The molecule has 2 amide bonds. The number of thioether (sulfide) groups is 1. The molecule has 0 spiro atoms. The Morgan fingerprint density at radius 1 is 1.11 bits per heavy atom. The monoisotopic (exact) mass is 582 g/mol. The first-order valence-corrected chi connectivity index (χ1v) is 13.0. The second kappa shape index (κ2) is 11.7. The molecular weight excluding hydrogens is 560 g/mol. The second-order valence-corrected chi connectivity index (χ2v) is 10.6. The predicted octanol–water partition coefficient (Wildman–Crippen LogP) is 6.19. The molecule has 6 nitrogen and oxygen atoms in total. The standard InChI is InChI=1S/C27H23BrN2O4S2/c1-17-12-20(28)9-10-21(17)29-25(31)16-34-22-11-8-19(13-23(22)33-2)14-24-26(32)30(27(35)36-24)15-18-6-4-3-5-7-18/h3-14H,15-16H2,1-2H3,(H,29,31)/b24-14-. The highest BCUT2D eigenvalue weighted by Gasteiger charge is 2.32. The largest absolute Gasteiger partial charge is 0.493 e. The van der Waals surface area contributed by atoms with Crippen LogP contribution in [-0.4, -0.2) is 34.8 Å². The van der Waals surface area contributed by atoms with Crippen molar-refractivity contribution >= 4 is 67.8 Å². The number of nitrogens with zero attached hydrogens (tertiary/aromatic N) is 1. The summed E-state index contributed by atoms with van der Waals surface area (Å²) in [6.45, 7) is 2.17. The molecular formula is C27H23BrN2O4S2. The SMILES string of the molecule is COc1cc(/C=C2\SC(=S)N(Cc3ccccc3)C2=O)ccc1OCC(=O)Nc1ccc(Br)cc1C. The summed E-state index contributed by atoms with van der Waals surface area (Å²) in [6.07, 6.45) is 1.78. The van der Waals surface area contributed by atoms with E-state index in [1.165, 1.54) is 18.9 Å². The minimum absolute atomic E-state index is 0.131. The van der Waals surface area contributed by atoms with Gasteiger partial charge in [-0.05, 0) is 60.0 Å². The van der Waals surface area contributed by atoms with Crippen LogP contribution in [0.15, 0.2) is 76.1 Å². The Hall–Kier alpha value is -3.14. The van der Waals surface area contributed by atoms with Gasteiger partial charge >= 0.3 is 0 Å². The van der Waals surface area contributed by atoms with Gasteiger partial charge in [0.15, 0.2) is 18.1 Å². The molecule has 0 bridgehead atoms. The number of anilines is 1. The van der Waals surface area contributed by atoms with E-state index in [1.54, 1.807) is 29.2 Å². The summed E-state index contributed by atoms with van der Waals surface area (Å²) < 4.78 is 12.6. The molecule has 0 aromatic heterocycles. The lowest BCUT2D eigenvalue weighted by molar-refractivity contribution is -0.122. The number of thiocarbonyl (C=S) groups is 1. The van der Waals surface area contributed by atoms with E-state index in [0.717, 1.165) is 26.9 Å². The third-order valence-electron chi connectivity index (χ3n) is 5.36. The summed E-state index contributed by atoms with van der Waals surface area (Å²) in [7, 11) is 1.52.